The van der Waals surface area contributed by atoms with Crippen LogP contribution >= 0.6 is 11.5 Å². The zero-order chi connectivity index (χ0) is 11.5. The first kappa shape index (κ1) is 10.4. The Kier molecular flexibility index (Phi) is 2.70. The first-order valence-electron chi connectivity index (χ1n) is 4.39. The molecule has 0 radical (unpaired) electrons. The van der Waals surface area contributed by atoms with Crippen molar-refractivity contribution in [1.29, 1.82) is 5.26 Å². The Hall–Kier alpha value is -2.14. The van der Waals surface area contributed by atoms with Crippen molar-refractivity contribution in [2.75, 3.05) is 11.1 Å². The van der Waals surface area contributed by atoms with E-state index in [2.05, 4.69) is 19.8 Å². The smallest absolute Gasteiger partial charge is 0.223 e. The van der Waals surface area contributed by atoms with Crippen LogP contribution in [0.2, 0.25) is 0 Å². The number of hydrogen-bond acceptors (Lipinski definition) is 8. The molecule has 0 bridgehead atoms. The number of nitrogens with two attached hydrogens (primary N) is 1. The van der Waals surface area contributed by atoms with Crippen molar-refractivity contribution in [1.82, 2.24) is 14.5 Å². The Balaban J connectivity index is 2.08. The highest BCUT2D eigenvalue weighted by atomic mass is 32.1. The molecule has 2 aromatic heterocycles. The lowest BCUT2D eigenvalue weighted by Gasteiger charge is -1.98. The Bertz CT molecular complexity index is 539. The van der Waals surface area contributed by atoms with Gasteiger partial charge in [-0.2, -0.15) is 14.6 Å². The third-order valence-electron chi connectivity index (χ3n) is 1.81. The fourth-order valence-corrected chi connectivity index (χ4v) is 1.76. The van der Waals surface area contributed by atoms with Gasteiger partial charge in [-0.15, -0.1) is 0 Å². The van der Waals surface area contributed by atoms with Crippen LogP contribution in [-0.2, 0) is 6.54 Å². The maximum Gasteiger partial charge on any atom is 0.223 e. The Morgan fingerprint density at radius 1 is 1.62 bits per heavy atom. The highest BCUT2D eigenvalue weighted by molar-refractivity contribution is 7.10. The highest BCUT2D eigenvalue weighted by Crippen LogP contribution is 2.25. The summed E-state index contributed by atoms with van der Waals surface area (Å²) in [4.78, 5) is 4.02. The molecule has 0 unspecified atom stereocenters. The first-order chi connectivity index (χ1) is 7.70. The number of nitriles is 1. The number of nitrogen functional groups attached to an aromatic ring is 1. The normalized spacial score (nSPS) is 10.0. The number of anilines is 2. The lowest BCUT2D eigenvalue weighted by atomic mass is 10.3. The largest absolute Gasteiger partial charge is 0.382 e. The summed E-state index contributed by atoms with van der Waals surface area (Å²) in [7, 11) is 0. The Morgan fingerprint density at radius 3 is 3.06 bits per heavy atom. The van der Waals surface area contributed by atoms with Gasteiger partial charge in [-0.05, 0) is 11.5 Å². The van der Waals surface area contributed by atoms with Crippen LogP contribution in [0, 0.1) is 18.3 Å². The fraction of sp³-hybridized carbons (Fsp3) is 0.250. The van der Waals surface area contributed by atoms with E-state index in [9.17, 15) is 0 Å². The summed E-state index contributed by atoms with van der Waals surface area (Å²) in [6, 6.07) is 1.98. The molecule has 2 aromatic rings. The van der Waals surface area contributed by atoms with Crippen molar-refractivity contribution in [2.24, 2.45) is 0 Å². The summed E-state index contributed by atoms with van der Waals surface area (Å²) >= 11 is 1.13. The van der Waals surface area contributed by atoms with Gasteiger partial charge in [0, 0.05) is 6.92 Å². The molecule has 82 valence electrons. The monoisotopic (exact) mass is 236 g/mol. The minimum Gasteiger partial charge on any atom is -0.382 e. The predicted octanol–water partition coefficient (Wildman–Crippen LogP) is 0.901. The summed E-state index contributed by atoms with van der Waals surface area (Å²) in [6.45, 7) is 2.08. The Labute approximate surface area is 95.1 Å². The molecule has 0 aliphatic carbocycles. The van der Waals surface area contributed by atoms with Gasteiger partial charge in [-0.1, -0.05) is 5.16 Å². The van der Waals surface area contributed by atoms with Gasteiger partial charge < -0.3 is 15.6 Å². The lowest BCUT2D eigenvalue weighted by Crippen LogP contribution is -2.01. The molecule has 2 rings (SSSR count). The van der Waals surface area contributed by atoms with E-state index < -0.39 is 0 Å². The summed E-state index contributed by atoms with van der Waals surface area (Å²) < 4.78 is 8.69. The first-order valence-corrected chi connectivity index (χ1v) is 5.16. The topological polar surface area (TPSA) is 114 Å². The van der Waals surface area contributed by atoms with Gasteiger partial charge in [0.2, 0.25) is 5.89 Å². The number of nitrogens with zero attached hydrogens (tertiary/aromatic N) is 4. The van der Waals surface area contributed by atoms with Crippen LogP contribution in [0.5, 0.6) is 0 Å². The van der Waals surface area contributed by atoms with Crippen molar-refractivity contribution in [3.63, 3.8) is 0 Å². The van der Waals surface area contributed by atoms with E-state index in [1.807, 2.05) is 6.07 Å². The zero-order valence-corrected chi connectivity index (χ0v) is 9.21. The van der Waals surface area contributed by atoms with Crippen molar-refractivity contribution in [3.8, 4) is 6.07 Å². The summed E-state index contributed by atoms with van der Waals surface area (Å²) in [5.74, 6) is 1.26. The average Bonchev–Trinajstić information content (AvgIpc) is 2.82. The minimum absolute atomic E-state index is 0.235. The SMILES string of the molecule is Cc1nc(CNc2snc(N)c2C#N)no1. The van der Waals surface area contributed by atoms with E-state index in [0.717, 1.165) is 11.5 Å². The number of aromatic nitrogens is 3. The predicted molar refractivity (Wildman–Crippen MR) is 57.6 cm³/mol. The van der Waals surface area contributed by atoms with E-state index in [4.69, 9.17) is 15.5 Å². The van der Waals surface area contributed by atoms with E-state index >= 15 is 0 Å². The van der Waals surface area contributed by atoms with Gasteiger partial charge in [0.25, 0.3) is 0 Å². The molecule has 3 N–H and O–H groups in total. The van der Waals surface area contributed by atoms with Gasteiger partial charge >= 0.3 is 0 Å². The second-order valence-electron chi connectivity index (χ2n) is 2.97. The van der Waals surface area contributed by atoms with E-state index in [0.29, 0.717) is 28.8 Å². The second kappa shape index (κ2) is 4.16. The molecule has 0 saturated carbocycles. The van der Waals surface area contributed by atoms with Gasteiger partial charge in [-0.25, -0.2) is 0 Å². The number of rotatable bonds is 3. The quantitative estimate of drug-likeness (QED) is 0.813. The standard InChI is InChI=1S/C8H8N6OS/c1-4-12-6(13-15-4)3-11-8-5(2-9)7(10)14-16-8/h11H,3H2,1H3,(H2,10,14). The van der Waals surface area contributed by atoms with Crippen LogP contribution in [0.15, 0.2) is 4.52 Å². The molecule has 0 atom stereocenters. The maximum absolute atomic E-state index is 8.84. The molecule has 0 aromatic carbocycles. The van der Waals surface area contributed by atoms with E-state index in [1.54, 1.807) is 6.92 Å². The van der Waals surface area contributed by atoms with Crippen LogP contribution in [0.1, 0.15) is 17.3 Å². The molecule has 7 nitrogen and oxygen atoms in total. The molecule has 0 aliphatic rings. The average molecular weight is 236 g/mol. The van der Waals surface area contributed by atoms with Crippen LogP contribution in [0.25, 0.3) is 0 Å². The third kappa shape index (κ3) is 1.94. The zero-order valence-electron chi connectivity index (χ0n) is 8.39. The molecule has 0 amide bonds. The lowest BCUT2D eigenvalue weighted by molar-refractivity contribution is 0.388. The molecule has 16 heavy (non-hydrogen) atoms. The minimum atomic E-state index is 0.235. The number of aryl methyl sites for hydroxylation is 1. The molecular weight excluding hydrogens is 228 g/mol. The van der Waals surface area contributed by atoms with Crippen LogP contribution < -0.4 is 11.1 Å². The van der Waals surface area contributed by atoms with Gasteiger partial charge in [0.15, 0.2) is 11.6 Å². The third-order valence-corrected chi connectivity index (χ3v) is 2.63. The molecule has 0 saturated heterocycles. The molecule has 2 heterocycles. The van der Waals surface area contributed by atoms with Crippen molar-refractivity contribution in [2.45, 2.75) is 13.5 Å². The molecule has 0 fully saturated rings. The van der Waals surface area contributed by atoms with Crippen molar-refractivity contribution < 1.29 is 4.52 Å². The van der Waals surface area contributed by atoms with Crippen LogP contribution in [-0.4, -0.2) is 14.5 Å². The fourth-order valence-electron chi connectivity index (χ4n) is 1.10. The maximum atomic E-state index is 8.84. The summed E-state index contributed by atoms with van der Waals surface area (Å²) in [5.41, 5.74) is 5.86. The van der Waals surface area contributed by atoms with Gasteiger partial charge in [0.1, 0.15) is 16.6 Å². The van der Waals surface area contributed by atoms with Crippen LogP contribution in [0.3, 0.4) is 0 Å². The molecule has 8 heteroatoms. The van der Waals surface area contributed by atoms with E-state index in [-0.39, 0.29) is 5.82 Å². The highest BCUT2D eigenvalue weighted by Gasteiger charge is 2.11. The second-order valence-corrected chi connectivity index (χ2v) is 3.74. The van der Waals surface area contributed by atoms with Gasteiger partial charge in [-0.3, -0.25) is 0 Å². The van der Waals surface area contributed by atoms with Crippen molar-refractivity contribution in [3.05, 3.63) is 17.3 Å². The van der Waals surface area contributed by atoms with E-state index in [1.165, 1.54) is 0 Å². The van der Waals surface area contributed by atoms with Crippen LogP contribution in [0.4, 0.5) is 10.8 Å². The molecule has 0 aliphatic heterocycles. The van der Waals surface area contributed by atoms with Gasteiger partial charge in [0.05, 0.1) is 6.54 Å². The molecular formula is C8H8N6OS. The number of hydrogen-bond donors (Lipinski definition) is 2. The summed E-state index contributed by atoms with van der Waals surface area (Å²) in [5, 5.41) is 16.1. The number of nitrogens with one attached hydrogen (secondary N) is 1. The summed E-state index contributed by atoms with van der Waals surface area (Å²) in [6.07, 6.45) is 0. The molecule has 0 spiro atoms. The van der Waals surface area contributed by atoms with Crippen molar-refractivity contribution >= 4 is 22.4 Å². The Morgan fingerprint density at radius 2 is 2.44 bits per heavy atom.